The number of benzene rings is 1. The van der Waals surface area contributed by atoms with Crippen LogP contribution in [0.2, 0.25) is 0 Å². The minimum atomic E-state index is -0.613. The molecule has 5 nitrogen and oxygen atoms in total. The van der Waals surface area contributed by atoms with Gasteiger partial charge in [0.05, 0.1) is 5.69 Å². The van der Waals surface area contributed by atoms with E-state index in [1.54, 1.807) is 0 Å². The van der Waals surface area contributed by atoms with Crippen LogP contribution in [0.4, 0.5) is 5.69 Å². The van der Waals surface area contributed by atoms with Gasteiger partial charge >= 0.3 is 0 Å². The molecule has 1 amide bonds. The number of nitrogens with one attached hydrogen (secondary N) is 2. The molecule has 0 aliphatic heterocycles. The maximum absolute atomic E-state index is 11.7. The van der Waals surface area contributed by atoms with Crippen molar-refractivity contribution in [3.05, 3.63) is 45.7 Å². The SMILES string of the molecule is Cc1n[nH]c(C)c1C(Nc1ccccc1Br)C(N)=O. The van der Waals surface area contributed by atoms with Crippen molar-refractivity contribution in [3.63, 3.8) is 0 Å². The van der Waals surface area contributed by atoms with E-state index < -0.39 is 11.9 Å². The zero-order valence-electron chi connectivity index (χ0n) is 10.7. The van der Waals surface area contributed by atoms with Gasteiger partial charge < -0.3 is 11.1 Å². The number of aromatic nitrogens is 2. The first-order chi connectivity index (χ1) is 9.00. The number of amides is 1. The maximum atomic E-state index is 11.7. The average Bonchev–Trinajstić information content (AvgIpc) is 2.68. The molecule has 0 saturated heterocycles. The van der Waals surface area contributed by atoms with E-state index in [4.69, 9.17) is 5.73 Å². The summed E-state index contributed by atoms with van der Waals surface area (Å²) in [5, 5.41) is 10.1. The molecule has 4 N–H and O–H groups in total. The molecule has 2 aromatic rings. The smallest absolute Gasteiger partial charge is 0.244 e. The van der Waals surface area contributed by atoms with Crippen LogP contribution < -0.4 is 11.1 Å². The van der Waals surface area contributed by atoms with Gasteiger partial charge in [0.2, 0.25) is 5.91 Å². The Morgan fingerprint density at radius 3 is 2.63 bits per heavy atom. The summed E-state index contributed by atoms with van der Waals surface area (Å²) < 4.78 is 0.875. The lowest BCUT2D eigenvalue weighted by atomic mass is 10.0. The molecule has 1 heterocycles. The van der Waals surface area contributed by atoms with Crippen LogP contribution in [0.15, 0.2) is 28.7 Å². The Morgan fingerprint density at radius 1 is 1.42 bits per heavy atom. The summed E-state index contributed by atoms with van der Waals surface area (Å²) in [6.45, 7) is 3.71. The fraction of sp³-hybridized carbons (Fsp3) is 0.231. The number of carbonyl (C=O) groups excluding carboxylic acids is 1. The zero-order valence-corrected chi connectivity index (χ0v) is 12.3. The average molecular weight is 323 g/mol. The summed E-state index contributed by atoms with van der Waals surface area (Å²) in [6, 6.07) is 6.96. The minimum absolute atomic E-state index is 0.441. The van der Waals surface area contributed by atoms with Crippen LogP contribution in [0, 0.1) is 13.8 Å². The van der Waals surface area contributed by atoms with Gasteiger partial charge in [0.1, 0.15) is 6.04 Å². The number of primary amides is 1. The molecule has 0 aliphatic rings. The van der Waals surface area contributed by atoms with Crippen molar-refractivity contribution >= 4 is 27.5 Å². The molecule has 0 radical (unpaired) electrons. The van der Waals surface area contributed by atoms with Crippen molar-refractivity contribution in [2.45, 2.75) is 19.9 Å². The lowest BCUT2D eigenvalue weighted by molar-refractivity contribution is -0.118. The van der Waals surface area contributed by atoms with E-state index in [0.717, 1.165) is 27.1 Å². The van der Waals surface area contributed by atoms with Gasteiger partial charge in [0, 0.05) is 21.4 Å². The number of aryl methyl sites for hydroxylation is 2. The van der Waals surface area contributed by atoms with E-state index >= 15 is 0 Å². The number of para-hydroxylation sites is 1. The summed E-state index contributed by atoms with van der Waals surface area (Å²) in [4.78, 5) is 11.7. The number of H-pyrrole nitrogens is 1. The number of hydrogen-bond acceptors (Lipinski definition) is 3. The maximum Gasteiger partial charge on any atom is 0.244 e. The molecular formula is C13H15BrN4O. The zero-order chi connectivity index (χ0) is 14.0. The Morgan fingerprint density at radius 2 is 2.11 bits per heavy atom. The van der Waals surface area contributed by atoms with Crippen molar-refractivity contribution in [2.24, 2.45) is 5.73 Å². The van der Waals surface area contributed by atoms with Crippen molar-refractivity contribution in [3.8, 4) is 0 Å². The number of rotatable bonds is 4. The monoisotopic (exact) mass is 322 g/mol. The fourth-order valence-corrected chi connectivity index (χ4v) is 2.40. The Balaban J connectivity index is 2.38. The number of nitrogens with zero attached hydrogens (tertiary/aromatic N) is 1. The lowest BCUT2D eigenvalue weighted by Crippen LogP contribution is -2.28. The first kappa shape index (κ1) is 13.6. The van der Waals surface area contributed by atoms with Gasteiger partial charge in [0.25, 0.3) is 0 Å². The lowest BCUT2D eigenvalue weighted by Gasteiger charge is -2.18. The molecule has 19 heavy (non-hydrogen) atoms. The Hall–Kier alpha value is -1.82. The summed E-state index contributed by atoms with van der Waals surface area (Å²) in [6.07, 6.45) is 0. The predicted octanol–water partition coefficient (Wildman–Crippen LogP) is 2.43. The minimum Gasteiger partial charge on any atom is -0.369 e. The van der Waals surface area contributed by atoms with E-state index in [1.807, 2.05) is 38.1 Å². The van der Waals surface area contributed by atoms with Gasteiger partial charge in [-0.05, 0) is 41.9 Å². The Bertz CT molecular complexity index is 589. The molecule has 100 valence electrons. The first-order valence-electron chi connectivity index (χ1n) is 5.82. The summed E-state index contributed by atoms with van der Waals surface area (Å²) in [5.41, 5.74) is 8.71. The standard InChI is InChI=1S/C13H15BrN4O/c1-7-11(8(2)18-17-7)12(13(15)19)16-10-6-4-3-5-9(10)14/h3-6,12,16H,1-2H3,(H2,15,19)(H,17,18). The quantitative estimate of drug-likeness (QED) is 0.808. The van der Waals surface area contributed by atoms with Crippen molar-refractivity contribution in [2.75, 3.05) is 5.32 Å². The number of nitrogens with two attached hydrogens (primary N) is 1. The van der Waals surface area contributed by atoms with Crippen molar-refractivity contribution in [1.29, 1.82) is 0 Å². The van der Waals surface area contributed by atoms with E-state index in [9.17, 15) is 4.79 Å². The van der Waals surface area contributed by atoms with E-state index in [0.29, 0.717) is 0 Å². The van der Waals surface area contributed by atoms with Gasteiger partial charge in [-0.2, -0.15) is 5.10 Å². The molecule has 0 fully saturated rings. The van der Waals surface area contributed by atoms with Crippen LogP contribution in [0.5, 0.6) is 0 Å². The van der Waals surface area contributed by atoms with Crippen LogP contribution in [-0.2, 0) is 4.79 Å². The highest BCUT2D eigenvalue weighted by atomic mass is 79.9. The second-order valence-electron chi connectivity index (χ2n) is 4.31. The first-order valence-corrected chi connectivity index (χ1v) is 6.62. The van der Waals surface area contributed by atoms with E-state index in [1.165, 1.54) is 0 Å². The third kappa shape index (κ3) is 2.78. The topological polar surface area (TPSA) is 83.8 Å². The van der Waals surface area contributed by atoms with Crippen molar-refractivity contribution < 1.29 is 4.79 Å². The highest BCUT2D eigenvalue weighted by molar-refractivity contribution is 9.10. The van der Waals surface area contributed by atoms with Gasteiger partial charge in [-0.1, -0.05) is 12.1 Å². The second kappa shape index (κ2) is 5.44. The van der Waals surface area contributed by atoms with Gasteiger partial charge in [-0.15, -0.1) is 0 Å². The summed E-state index contributed by atoms with van der Waals surface area (Å²) in [5.74, 6) is -0.441. The Labute approximate surface area is 119 Å². The number of carbonyl (C=O) groups is 1. The molecule has 0 aliphatic carbocycles. The van der Waals surface area contributed by atoms with Crippen LogP contribution in [-0.4, -0.2) is 16.1 Å². The van der Waals surface area contributed by atoms with Crippen LogP contribution in [0.3, 0.4) is 0 Å². The van der Waals surface area contributed by atoms with Crippen LogP contribution in [0.25, 0.3) is 0 Å². The highest BCUT2D eigenvalue weighted by Gasteiger charge is 2.24. The van der Waals surface area contributed by atoms with Crippen LogP contribution in [0.1, 0.15) is 23.0 Å². The normalized spacial score (nSPS) is 12.2. The van der Waals surface area contributed by atoms with Crippen LogP contribution >= 0.6 is 15.9 Å². The number of halogens is 1. The molecule has 0 bridgehead atoms. The van der Waals surface area contributed by atoms with E-state index in [-0.39, 0.29) is 0 Å². The van der Waals surface area contributed by atoms with Gasteiger partial charge in [-0.25, -0.2) is 0 Å². The van der Waals surface area contributed by atoms with Gasteiger partial charge in [0.15, 0.2) is 0 Å². The summed E-state index contributed by atoms with van der Waals surface area (Å²) in [7, 11) is 0. The summed E-state index contributed by atoms with van der Waals surface area (Å²) >= 11 is 3.44. The highest BCUT2D eigenvalue weighted by Crippen LogP contribution is 2.28. The molecule has 0 spiro atoms. The molecule has 1 aromatic carbocycles. The van der Waals surface area contributed by atoms with Crippen molar-refractivity contribution in [1.82, 2.24) is 10.2 Å². The molecule has 1 unspecified atom stereocenters. The molecule has 1 aromatic heterocycles. The fourth-order valence-electron chi connectivity index (χ4n) is 2.00. The molecule has 6 heteroatoms. The number of aromatic amines is 1. The third-order valence-corrected chi connectivity index (χ3v) is 3.62. The number of hydrogen-bond donors (Lipinski definition) is 3. The molecule has 2 rings (SSSR count). The molecule has 1 atom stereocenters. The van der Waals surface area contributed by atoms with E-state index in [2.05, 4.69) is 31.4 Å². The predicted molar refractivity (Wildman–Crippen MR) is 77.8 cm³/mol. The molecular weight excluding hydrogens is 308 g/mol. The molecule has 0 saturated carbocycles. The number of anilines is 1. The largest absolute Gasteiger partial charge is 0.369 e. The van der Waals surface area contributed by atoms with Gasteiger partial charge in [-0.3, -0.25) is 9.89 Å². The second-order valence-corrected chi connectivity index (χ2v) is 5.16. The Kier molecular flexibility index (Phi) is 3.90. The third-order valence-electron chi connectivity index (χ3n) is 2.93.